The first-order valence-electron chi connectivity index (χ1n) is 6.72. The average molecular weight is 278 g/mol. The highest BCUT2D eigenvalue weighted by Gasteiger charge is 2.09. The molecular weight excluding hydrogens is 256 g/mol. The molecule has 1 N–H and O–H groups in total. The van der Waals surface area contributed by atoms with Crippen molar-refractivity contribution in [3.8, 4) is 17.6 Å². The molecule has 5 heteroatoms. The van der Waals surface area contributed by atoms with E-state index in [1.54, 1.807) is 14.0 Å². The molecule has 0 bridgehead atoms. The van der Waals surface area contributed by atoms with Crippen LogP contribution in [0.1, 0.15) is 19.4 Å². The number of rotatable bonds is 9. The summed E-state index contributed by atoms with van der Waals surface area (Å²) in [6.07, 6.45) is -0.500. The maximum Gasteiger partial charge on any atom is 0.181 e. The largest absolute Gasteiger partial charge is 0.490 e. The predicted octanol–water partition coefficient (Wildman–Crippen LogP) is 2.11. The molecule has 0 aromatic heterocycles. The van der Waals surface area contributed by atoms with Crippen molar-refractivity contribution in [3.63, 3.8) is 0 Å². The molecule has 0 aliphatic carbocycles. The Labute approximate surface area is 120 Å². The second-order valence-electron chi connectivity index (χ2n) is 4.27. The number of hydrogen-bond acceptors (Lipinski definition) is 5. The van der Waals surface area contributed by atoms with Gasteiger partial charge in [0.25, 0.3) is 0 Å². The fourth-order valence-electron chi connectivity index (χ4n) is 1.65. The van der Waals surface area contributed by atoms with E-state index >= 15 is 0 Å². The van der Waals surface area contributed by atoms with Crippen molar-refractivity contribution in [1.29, 1.82) is 5.26 Å². The van der Waals surface area contributed by atoms with Crippen LogP contribution in [0.2, 0.25) is 0 Å². The molecule has 5 nitrogen and oxygen atoms in total. The van der Waals surface area contributed by atoms with Crippen LogP contribution in [0.4, 0.5) is 0 Å². The summed E-state index contributed by atoms with van der Waals surface area (Å²) in [7, 11) is 1.68. The van der Waals surface area contributed by atoms with Gasteiger partial charge in [0.1, 0.15) is 6.07 Å². The predicted molar refractivity (Wildman–Crippen MR) is 76.9 cm³/mol. The van der Waals surface area contributed by atoms with Gasteiger partial charge in [-0.15, -0.1) is 0 Å². The van der Waals surface area contributed by atoms with E-state index in [-0.39, 0.29) is 0 Å². The standard InChI is InChI=1S/C15H22N2O3/c1-4-19-15-9-13(11-17-7-8-18-3)5-6-14(15)20-12(2)10-16/h5-6,9,12,17H,4,7-8,11H2,1-3H3. The van der Waals surface area contributed by atoms with E-state index in [0.717, 1.165) is 18.7 Å². The van der Waals surface area contributed by atoms with Crippen molar-refractivity contribution < 1.29 is 14.2 Å². The molecule has 0 radical (unpaired) electrons. The first-order chi connectivity index (χ1) is 9.71. The summed E-state index contributed by atoms with van der Waals surface area (Å²) in [6.45, 7) is 6.38. The third-order valence-corrected chi connectivity index (χ3v) is 2.61. The van der Waals surface area contributed by atoms with Crippen LogP contribution in [-0.2, 0) is 11.3 Å². The zero-order chi connectivity index (χ0) is 14.8. The maximum atomic E-state index is 8.80. The Morgan fingerprint density at radius 1 is 1.35 bits per heavy atom. The Morgan fingerprint density at radius 3 is 2.80 bits per heavy atom. The highest BCUT2D eigenvalue weighted by atomic mass is 16.5. The third kappa shape index (κ3) is 5.47. The number of nitrogens with zero attached hydrogens (tertiary/aromatic N) is 1. The summed E-state index contributed by atoms with van der Waals surface area (Å²) in [6, 6.07) is 7.77. The molecule has 0 amide bonds. The van der Waals surface area contributed by atoms with Crippen LogP contribution >= 0.6 is 0 Å². The number of methoxy groups -OCH3 is 1. The molecule has 0 saturated heterocycles. The highest BCUT2D eigenvalue weighted by molar-refractivity contribution is 5.43. The summed E-state index contributed by atoms with van der Waals surface area (Å²) in [5, 5.41) is 12.1. The molecule has 0 aliphatic heterocycles. The summed E-state index contributed by atoms with van der Waals surface area (Å²) in [5.41, 5.74) is 1.10. The minimum absolute atomic E-state index is 0.500. The van der Waals surface area contributed by atoms with Gasteiger partial charge in [-0.1, -0.05) is 6.07 Å². The van der Waals surface area contributed by atoms with Crippen LogP contribution in [0.3, 0.4) is 0 Å². The van der Waals surface area contributed by atoms with Crippen LogP contribution in [0.25, 0.3) is 0 Å². The van der Waals surface area contributed by atoms with Gasteiger partial charge in [-0.2, -0.15) is 5.26 Å². The smallest absolute Gasteiger partial charge is 0.181 e. The van der Waals surface area contributed by atoms with Crippen molar-refractivity contribution in [2.45, 2.75) is 26.5 Å². The van der Waals surface area contributed by atoms with Crippen LogP contribution in [0.15, 0.2) is 18.2 Å². The summed E-state index contributed by atoms with van der Waals surface area (Å²) < 4.78 is 16.1. The Kier molecular flexibility index (Phi) is 7.48. The van der Waals surface area contributed by atoms with Crippen LogP contribution in [0, 0.1) is 11.3 Å². The lowest BCUT2D eigenvalue weighted by atomic mass is 10.2. The van der Waals surface area contributed by atoms with E-state index in [1.807, 2.05) is 31.2 Å². The van der Waals surface area contributed by atoms with Gasteiger partial charge >= 0.3 is 0 Å². The van der Waals surface area contributed by atoms with Crippen LogP contribution < -0.4 is 14.8 Å². The van der Waals surface area contributed by atoms with Gasteiger partial charge in [0.15, 0.2) is 17.6 Å². The van der Waals surface area contributed by atoms with E-state index in [9.17, 15) is 0 Å². The van der Waals surface area contributed by atoms with Crippen LogP contribution in [-0.4, -0.2) is 33.0 Å². The van der Waals surface area contributed by atoms with E-state index in [2.05, 4.69) is 5.32 Å². The molecule has 0 saturated carbocycles. The third-order valence-electron chi connectivity index (χ3n) is 2.61. The maximum absolute atomic E-state index is 8.80. The second kappa shape index (κ2) is 9.18. The second-order valence-corrected chi connectivity index (χ2v) is 4.27. The molecule has 1 atom stereocenters. The monoisotopic (exact) mass is 278 g/mol. The van der Waals surface area contributed by atoms with Gasteiger partial charge in [0.2, 0.25) is 0 Å². The molecule has 1 aromatic carbocycles. The summed E-state index contributed by atoms with van der Waals surface area (Å²) >= 11 is 0. The Bertz CT molecular complexity index is 443. The van der Waals surface area contributed by atoms with Gasteiger partial charge < -0.3 is 19.5 Å². The minimum atomic E-state index is -0.500. The normalized spacial score (nSPS) is 11.7. The fraction of sp³-hybridized carbons (Fsp3) is 0.533. The number of nitriles is 1. The Hall–Kier alpha value is -1.77. The van der Waals surface area contributed by atoms with Gasteiger partial charge in [0, 0.05) is 20.2 Å². The summed E-state index contributed by atoms with van der Waals surface area (Å²) in [5.74, 6) is 1.27. The van der Waals surface area contributed by atoms with Crippen molar-refractivity contribution in [2.75, 3.05) is 26.9 Å². The molecule has 1 unspecified atom stereocenters. The minimum Gasteiger partial charge on any atom is -0.490 e. The molecule has 1 aromatic rings. The lowest BCUT2D eigenvalue weighted by molar-refractivity contribution is 0.199. The van der Waals surface area contributed by atoms with E-state index < -0.39 is 6.10 Å². The lowest BCUT2D eigenvalue weighted by Crippen LogP contribution is -2.18. The highest BCUT2D eigenvalue weighted by Crippen LogP contribution is 2.29. The van der Waals surface area contributed by atoms with Crippen molar-refractivity contribution in [2.24, 2.45) is 0 Å². The zero-order valence-electron chi connectivity index (χ0n) is 12.3. The number of ether oxygens (including phenoxy) is 3. The lowest BCUT2D eigenvalue weighted by Gasteiger charge is -2.14. The Morgan fingerprint density at radius 2 is 2.15 bits per heavy atom. The van der Waals surface area contributed by atoms with Crippen molar-refractivity contribution in [3.05, 3.63) is 23.8 Å². The fourth-order valence-corrected chi connectivity index (χ4v) is 1.65. The molecule has 1 rings (SSSR count). The van der Waals surface area contributed by atoms with Gasteiger partial charge in [-0.3, -0.25) is 0 Å². The molecular formula is C15H22N2O3. The molecule has 0 spiro atoms. The first-order valence-corrected chi connectivity index (χ1v) is 6.72. The Balaban J connectivity index is 2.70. The quantitative estimate of drug-likeness (QED) is 0.701. The topological polar surface area (TPSA) is 63.5 Å². The van der Waals surface area contributed by atoms with Crippen molar-refractivity contribution in [1.82, 2.24) is 5.32 Å². The molecule has 110 valence electrons. The van der Waals surface area contributed by atoms with Gasteiger partial charge in [-0.05, 0) is 31.5 Å². The SMILES string of the molecule is CCOc1cc(CNCCOC)ccc1OC(C)C#N. The van der Waals surface area contributed by atoms with Crippen molar-refractivity contribution >= 4 is 0 Å². The van der Waals surface area contributed by atoms with E-state index in [0.29, 0.717) is 24.7 Å². The zero-order valence-corrected chi connectivity index (χ0v) is 12.3. The first kappa shape index (κ1) is 16.3. The summed E-state index contributed by atoms with van der Waals surface area (Å²) in [4.78, 5) is 0. The molecule has 0 aliphatic rings. The van der Waals surface area contributed by atoms with Gasteiger partial charge in [0.05, 0.1) is 13.2 Å². The molecule has 0 heterocycles. The molecule has 0 fully saturated rings. The number of hydrogen-bond donors (Lipinski definition) is 1. The van der Waals surface area contributed by atoms with Gasteiger partial charge in [-0.25, -0.2) is 0 Å². The average Bonchev–Trinajstić information content (AvgIpc) is 2.46. The molecule has 20 heavy (non-hydrogen) atoms. The van der Waals surface area contributed by atoms with E-state index in [4.69, 9.17) is 19.5 Å². The number of nitrogens with one attached hydrogen (secondary N) is 1. The number of benzene rings is 1. The van der Waals surface area contributed by atoms with E-state index in [1.165, 1.54) is 0 Å². The van der Waals surface area contributed by atoms with Crippen LogP contribution in [0.5, 0.6) is 11.5 Å².